The molecular weight excluding hydrogens is 235 g/mol. The van der Waals surface area contributed by atoms with Crippen LogP contribution in [0.3, 0.4) is 0 Å². The molecule has 1 aliphatic heterocycles. The molecule has 2 unspecified atom stereocenters. The van der Waals surface area contributed by atoms with Crippen molar-refractivity contribution in [3.63, 3.8) is 0 Å². The van der Waals surface area contributed by atoms with Gasteiger partial charge in [0, 0.05) is 5.92 Å². The lowest BCUT2D eigenvalue weighted by Crippen LogP contribution is -2.32. The molecule has 0 N–H and O–H groups in total. The first-order valence-corrected chi connectivity index (χ1v) is 5.87. The molecule has 2 atom stereocenters. The number of allylic oxidation sites excluding steroid dienone is 1. The number of hydrogen-bond acceptors (Lipinski definition) is 2. The van der Waals surface area contributed by atoms with Crippen LogP contribution in [0.5, 0.6) is 0 Å². The molecule has 0 aliphatic carbocycles. The van der Waals surface area contributed by atoms with Gasteiger partial charge in [-0.2, -0.15) is 0 Å². The fraction of sp³-hybridized carbons (Fsp3) is 0.727. The number of rotatable bonds is 3. The van der Waals surface area contributed by atoms with Crippen molar-refractivity contribution < 1.29 is 9.53 Å². The predicted molar refractivity (Wildman–Crippen MR) is 61.8 cm³/mol. The van der Waals surface area contributed by atoms with Crippen LogP contribution in [0, 0.1) is 11.8 Å². The second-order valence-corrected chi connectivity index (χ2v) is 5.42. The maximum Gasteiger partial charge on any atom is 0.306 e. The molecule has 15 heavy (non-hydrogen) atoms. The standard InChI is InChI=1S/C11H16Cl2O2/c1-4-7(5-9(12)13)8-6-10(14)15-11(8,2)3/h5,7-8H,4,6H2,1-3H3. The van der Waals surface area contributed by atoms with Crippen molar-refractivity contribution in [2.24, 2.45) is 11.8 Å². The van der Waals surface area contributed by atoms with Gasteiger partial charge in [0.15, 0.2) is 0 Å². The van der Waals surface area contributed by atoms with Crippen molar-refractivity contribution in [1.82, 2.24) is 0 Å². The summed E-state index contributed by atoms with van der Waals surface area (Å²) in [6.45, 7) is 5.92. The molecule has 1 fully saturated rings. The van der Waals surface area contributed by atoms with Crippen molar-refractivity contribution in [1.29, 1.82) is 0 Å². The fourth-order valence-electron chi connectivity index (χ4n) is 2.18. The molecule has 0 aromatic carbocycles. The van der Waals surface area contributed by atoms with Crippen molar-refractivity contribution in [3.05, 3.63) is 10.6 Å². The molecule has 86 valence electrons. The van der Waals surface area contributed by atoms with E-state index in [1.165, 1.54) is 0 Å². The zero-order chi connectivity index (χ0) is 11.6. The van der Waals surface area contributed by atoms with Crippen LogP contribution in [-0.4, -0.2) is 11.6 Å². The number of halogens is 2. The third-order valence-corrected chi connectivity index (χ3v) is 3.24. The van der Waals surface area contributed by atoms with Crippen LogP contribution in [0.2, 0.25) is 0 Å². The molecular formula is C11H16Cl2O2. The number of cyclic esters (lactones) is 1. The molecule has 0 aromatic heterocycles. The summed E-state index contributed by atoms with van der Waals surface area (Å²) in [4.78, 5) is 11.3. The van der Waals surface area contributed by atoms with E-state index in [-0.39, 0.29) is 22.3 Å². The summed E-state index contributed by atoms with van der Waals surface area (Å²) in [5, 5.41) is 0. The highest BCUT2D eigenvalue weighted by Gasteiger charge is 2.44. The summed E-state index contributed by atoms with van der Waals surface area (Å²) in [6, 6.07) is 0. The summed E-state index contributed by atoms with van der Waals surface area (Å²) in [7, 11) is 0. The maximum absolute atomic E-state index is 11.3. The third kappa shape index (κ3) is 3.12. The molecule has 4 heteroatoms. The van der Waals surface area contributed by atoms with Crippen LogP contribution in [0.4, 0.5) is 0 Å². The van der Waals surface area contributed by atoms with Crippen LogP contribution < -0.4 is 0 Å². The molecule has 0 bridgehead atoms. The Hall–Kier alpha value is -0.210. The predicted octanol–water partition coefficient (Wildman–Crippen LogP) is 3.67. The van der Waals surface area contributed by atoms with Crippen LogP contribution in [0.15, 0.2) is 10.6 Å². The minimum atomic E-state index is -0.419. The Morgan fingerprint density at radius 2 is 2.27 bits per heavy atom. The van der Waals surface area contributed by atoms with Gasteiger partial charge in [0.25, 0.3) is 0 Å². The molecule has 0 saturated carbocycles. The monoisotopic (exact) mass is 250 g/mol. The SMILES string of the molecule is CCC(C=C(Cl)Cl)C1CC(=O)OC1(C)C. The summed E-state index contributed by atoms with van der Waals surface area (Å²) in [5.41, 5.74) is -0.419. The Labute approximate surface area is 101 Å². The topological polar surface area (TPSA) is 26.3 Å². The van der Waals surface area contributed by atoms with Crippen molar-refractivity contribution in [2.45, 2.75) is 39.2 Å². The minimum absolute atomic E-state index is 0.137. The first kappa shape index (κ1) is 12.9. The zero-order valence-corrected chi connectivity index (χ0v) is 10.7. The second-order valence-electron chi connectivity index (χ2n) is 4.42. The number of carbonyl (C=O) groups is 1. The number of carbonyl (C=O) groups excluding carboxylic acids is 1. The first-order valence-electron chi connectivity index (χ1n) is 5.11. The largest absolute Gasteiger partial charge is 0.459 e. The van der Waals surface area contributed by atoms with Crippen LogP contribution in [0.25, 0.3) is 0 Å². The highest BCUT2D eigenvalue weighted by molar-refractivity contribution is 6.55. The third-order valence-electron chi connectivity index (χ3n) is 2.98. The average molecular weight is 251 g/mol. The van der Waals surface area contributed by atoms with E-state index in [0.717, 1.165) is 6.42 Å². The van der Waals surface area contributed by atoms with E-state index in [1.807, 2.05) is 13.8 Å². The molecule has 2 nitrogen and oxygen atoms in total. The first-order chi connectivity index (χ1) is 6.86. The van der Waals surface area contributed by atoms with E-state index in [9.17, 15) is 4.79 Å². The maximum atomic E-state index is 11.3. The molecule has 1 rings (SSSR count). The Balaban J connectivity index is 2.85. The van der Waals surface area contributed by atoms with Gasteiger partial charge < -0.3 is 4.74 Å². The van der Waals surface area contributed by atoms with E-state index in [2.05, 4.69) is 6.92 Å². The average Bonchev–Trinajstić information content (AvgIpc) is 2.35. The van der Waals surface area contributed by atoms with E-state index in [0.29, 0.717) is 6.42 Å². The van der Waals surface area contributed by atoms with Crippen LogP contribution in [0.1, 0.15) is 33.6 Å². The van der Waals surface area contributed by atoms with E-state index in [4.69, 9.17) is 27.9 Å². The van der Waals surface area contributed by atoms with Crippen molar-refractivity contribution in [2.75, 3.05) is 0 Å². The summed E-state index contributed by atoms with van der Waals surface area (Å²) < 4.78 is 5.53. The normalized spacial score (nSPS) is 25.9. The Kier molecular flexibility index (Phi) is 4.07. The van der Waals surface area contributed by atoms with Gasteiger partial charge in [-0.05, 0) is 26.2 Å². The van der Waals surface area contributed by atoms with Gasteiger partial charge in [-0.15, -0.1) is 0 Å². The van der Waals surface area contributed by atoms with Gasteiger partial charge in [0.2, 0.25) is 0 Å². The lowest BCUT2D eigenvalue weighted by atomic mass is 9.78. The summed E-state index contributed by atoms with van der Waals surface area (Å²) in [5.74, 6) is 0.210. The highest BCUT2D eigenvalue weighted by atomic mass is 35.5. The lowest BCUT2D eigenvalue weighted by molar-refractivity contribution is -0.146. The Bertz CT molecular complexity index is 280. The summed E-state index contributed by atoms with van der Waals surface area (Å²) in [6.07, 6.45) is 3.15. The van der Waals surface area contributed by atoms with Gasteiger partial charge in [-0.3, -0.25) is 4.79 Å². The fourth-order valence-corrected chi connectivity index (χ4v) is 2.51. The zero-order valence-electron chi connectivity index (χ0n) is 9.22. The van der Waals surface area contributed by atoms with E-state index >= 15 is 0 Å². The summed E-state index contributed by atoms with van der Waals surface area (Å²) >= 11 is 11.3. The van der Waals surface area contributed by atoms with Gasteiger partial charge in [-0.1, -0.05) is 36.2 Å². The number of esters is 1. The minimum Gasteiger partial charge on any atom is -0.459 e. The Morgan fingerprint density at radius 3 is 2.60 bits per heavy atom. The Morgan fingerprint density at radius 1 is 1.67 bits per heavy atom. The van der Waals surface area contributed by atoms with E-state index in [1.54, 1.807) is 6.08 Å². The van der Waals surface area contributed by atoms with Crippen LogP contribution in [-0.2, 0) is 9.53 Å². The second kappa shape index (κ2) is 4.75. The molecule has 0 radical (unpaired) electrons. The molecule has 1 aliphatic rings. The molecule has 1 heterocycles. The molecule has 0 aromatic rings. The number of hydrogen-bond donors (Lipinski definition) is 0. The van der Waals surface area contributed by atoms with Crippen molar-refractivity contribution >= 4 is 29.2 Å². The van der Waals surface area contributed by atoms with Gasteiger partial charge in [0.05, 0.1) is 6.42 Å². The van der Waals surface area contributed by atoms with E-state index < -0.39 is 5.60 Å². The quantitative estimate of drug-likeness (QED) is 0.715. The molecule has 1 saturated heterocycles. The number of ether oxygens (including phenoxy) is 1. The molecule has 0 spiro atoms. The smallest absolute Gasteiger partial charge is 0.306 e. The van der Waals surface area contributed by atoms with Gasteiger partial charge in [0.1, 0.15) is 10.1 Å². The van der Waals surface area contributed by atoms with Gasteiger partial charge in [-0.25, -0.2) is 0 Å². The van der Waals surface area contributed by atoms with Crippen LogP contribution >= 0.6 is 23.2 Å². The van der Waals surface area contributed by atoms with Gasteiger partial charge >= 0.3 is 5.97 Å². The molecule has 0 amide bonds. The highest BCUT2D eigenvalue weighted by Crippen LogP contribution is 2.40. The lowest BCUT2D eigenvalue weighted by Gasteiger charge is -2.29. The van der Waals surface area contributed by atoms with Crippen molar-refractivity contribution in [3.8, 4) is 0 Å².